The Kier molecular flexibility index (Phi) is 4.34. The molecule has 0 bridgehead atoms. The Bertz CT molecular complexity index is 688. The highest BCUT2D eigenvalue weighted by molar-refractivity contribution is 6.34. The van der Waals surface area contributed by atoms with Crippen LogP contribution in [0.1, 0.15) is 10.4 Å². The summed E-state index contributed by atoms with van der Waals surface area (Å²) in [4.78, 5) is 26.2. The average Bonchev–Trinajstić information content (AvgIpc) is 2.49. The van der Waals surface area contributed by atoms with Crippen LogP contribution >= 0.6 is 11.6 Å². The first kappa shape index (κ1) is 14.7. The zero-order valence-corrected chi connectivity index (χ0v) is 11.7. The topological polar surface area (TPSA) is 97.2 Å². The first-order valence-electron chi connectivity index (χ1n) is 5.90. The number of nitro benzene ring substituents is 1. The lowest BCUT2D eigenvalue weighted by Gasteiger charge is -2.07. The van der Waals surface area contributed by atoms with Crippen molar-refractivity contribution < 1.29 is 9.72 Å². The predicted molar refractivity (Wildman–Crippen MR) is 79.8 cm³/mol. The maximum Gasteiger partial charge on any atom is 0.271 e. The van der Waals surface area contributed by atoms with Gasteiger partial charge in [-0.15, -0.1) is 0 Å². The summed E-state index contributed by atoms with van der Waals surface area (Å²) < 4.78 is 0. The van der Waals surface area contributed by atoms with E-state index in [1.165, 1.54) is 24.4 Å². The molecule has 0 aliphatic rings. The number of hydrogen-bond acceptors (Lipinski definition) is 5. The minimum absolute atomic E-state index is 0.154. The molecule has 1 aromatic heterocycles. The molecule has 21 heavy (non-hydrogen) atoms. The number of halogens is 1. The van der Waals surface area contributed by atoms with Crippen LogP contribution in [0.3, 0.4) is 0 Å². The monoisotopic (exact) mass is 306 g/mol. The molecule has 1 amide bonds. The third-order valence-corrected chi connectivity index (χ3v) is 3.02. The smallest absolute Gasteiger partial charge is 0.271 e. The highest BCUT2D eigenvalue weighted by atomic mass is 35.5. The van der Waals surface area contributed by atoms with Crippen molar-refractivity contribution in [3.05, 3.63) is 57.2 Å². The quantitative estimate of drug-likeness (QED) is 0.668. The molecule has 2 rings (SSSR count). The fourth-order valence-electron chi connectivity index (χ4n) is 1.59. The molecule has 0 radical (unpaired) electrons. The summed E-state index contributed by atoms with van der Waals surface area (Å²) >= 11 is 5.92. The highest BCUT2D eigenvalue weighted by Crippen LogP contribution is 2.27. The molecule has 2 N–H and O–H groups in total. The number of hydrogen-bond donors (Lipinski definition) is 2. The molecule has 2 aromatic rings. The van der Waals surface area contributed by atoms with Gasteiger partial charge in [0.2, 0.25) is 0 Å². The van der Waals surface area contributed by atoms with Gasteiger partial charge >= 0.3 is 0 Å². The molecule has 108 valence electrons. The van der Waals surface area contributed by atoms with Gasteiger partial charge in [-0.1, -0.05) is 11.6 Å². The van der Waals surface area contributed by atoms with Crippen molar-refractivity contribution in [3.63, 3.8) is 0 Å². The van der Waals surface area contributed by atoms with Gasteiger partial charge in [0, 0.05) is 25.4 Å². The Balaban J connectivity index is 2.22. The number of benzene rings is 1. The van der Waals surface area contributed by atoms with Crippen molar-refractivity contribution in [1.82, 2.24) is 4.98 Å². The van der Waals surface area contributed by atoms with Crippen LogP contribution < -0.4 is 10.6 Å². The number of nitrogens with one attached hydrogen (secondary N) is 2. The van der Waals surface area contributed by atoms with Gasteiger partial charge < -0.3 is 10.6 Å². The molecule has 0 unspecified atom stereocenters. The van der Waals surface area contributed by atoms with Crippen LogP contribution in [-0.4, -0.2) is 22.9 Å². The summed E-state index contributed by atoms with van der Waals surface area (Å²) in [6.45, 7) is 0. The number of aromatic nitrogens is 1. The molecule has 0 saturated heterocycles. The van der Waals surface area contributed by atoms with Gasteiger partial charge in [0.25, 0.3) is 11.6 Å². The van der Waals surface area contributed by atoms with Crippen LogP contribution in [0.5, 0.6) is 0 Å². The van der Waals surface area contributed by atoms with Crippen LogP contribution in [0.2, 0.25) is 5.02 Å². The predicted octanol–water partition coefficient (Wildman–Crippen LogP) is 2.94. The summed E-state index contributed by atoms with van der Waals surface area (Å²) in [7, 11) is 1.71. The van der Waals surface area contributed by atoms with E-state index in [2.05, 4.69) is 15.6 Å². The zero-order valence-electron chi connectivity index (χ0n) is 11.0. The Morgan fingerprint density at radius 1 is 1.33 bits per heavy atom. The number of amides is 1. The maximum atomic E-state index is 12.0. The first-order valence-corrected chi connectivity index (χ1v) is 6.28. The minimum Gasteiger partial charge on any atom is -0.373 e. The molecule has 7 nitrogen and oxygen atoms in total. The van der Waals surface area contributed by atoms with Gasteiger partial charge in [-0.05, 0) is 18.2 Å². The Labute approximate surface area is 125 Å². The van der Waals surface area contributed by atoms with Crippen LogP contribution in [0.25, 0.3) is 0 Å². The molecule has 1 heterocycles. The van der Waals surface area contributed by atoms with E-state index in [-0.39, 0.29) is 16.4 Å². The zero-order chi connectivity index (χ0) is 15.4. The van der Waals surface area contributed by atoms with Crippen molar-refractivity contribution in [2.24, 2.45) is 0 Å². The second-order valence-corrected chi connectivity index (χ2v) is 4.46. The Morgan fingerprint density at radius 2 is 2.10 bits per heavy atom. The summed E-state index contributed by atoms with van der Waals surface area (Å²) in [5.74, 6) is 0.174. The normalized spacial score (nSPS) is 10.0. The van der Waals surface area contributed by atoms with Crippen LogP contribution in [-0.2, 0) is 0 Å². The van der Waals surface area contributed by atoms with Gasteiger partial charge in [0.1, 0.15) is 5.82 Å². The fourth-order valence-corrected chi connectivity index (χ4v) is 1.76. The van der Waals surface area contributed by atoms with E-state index in [1.807, 2.05) is 0 Å². The lowest BCUT2D eigenvalue weighted by molar-refractivity contribution is -0.384. The van der Waals surface area contributed by atoms with E-state index in [0.717, 1.165) is 0 Å². The number of anilines is 2. The largest absolute Gasteiger partial charge is 0.373 e. The minimum atomic E-state index is -0.560. The van der Waals surface area contributed by atoms with E-state index in [4.69, 9.17) is 11.6 Å². The maximum absolute atomic E-state index is 12.0. The number of nitrogens with zero attached hydrogens (tertiary/aromatic N) is 2. The SMILES string of the molecule is CNc1ccc(C(=O)Nc2cc([N+](=O)[O-])ccc2Cl)cn1. The van der Waals surface area contributed by atoms with Gasteiger partial charge in [-0.3, -0.25) is 14.9 Å². The van der Waals surface area contributed by atoms with Crippen molar-refractivity contribution in [3.8, 4) is 0 Å². The van der Waals surface area contributed by atoms with Gasteiger partial charge in [0.15, 0.2) is 0 Å². The second kappa shape index (κ2) is 6.19. The Hall–Kier alpha value is -2.67. The Morgan fingerprint density at radius 3 is 2.67 bits per heavy atom. The van der Waals surface area contributed by atoms with Crippen molar-refractivity contribution in [1.29, 1.82) is 0 Å². The first-order chi connectivity index (χ1) is 10.0. The standard InChI is InChI=1S/C13H11ClN4O3/c1-15-12-5-2-8(7-16-12)13(19)17-11-6-9(18(20)21)3-4-10(11)14/h2-7H,1H3,(H,15,16)(H,17,19). The van der Waals surface area contributed by atoms with Gasteiger partial charge in [-0.25, -0.2) is 4.98 Å². The number of carbonyl (C=O) groups is 1. The third-order valence-electron chi connectivity index (χ3n) is 2.69. The lowest BCUT2D eigenvalue weighted by Crippen LogP contribution is -2.13. The average molecular weight is 307 g/mol. The molecule has 0 fully saturated rings. The van der Waals surface area contributed by atoms with Crippen LogP contribution in [0.15, 0.2) is 36.5 Å². The number of non-ortho nitro benzene ring substituents is 1. The third kappa shape index (κ3) is 3.46. The molecule has 0 atom stereocenters. The summed E-state index contributed by atoms with van der Waals surface area (Å²) in [6, 6.07) is 7.05. The van der Waals surface area contributed by atoms with Gasteiger partial charge in [-0.2, -0.15) is 0 Å². The van der Waals surface area contributed by atoms with Gasteiger partial charge in [0.05, 0.1) is 21.2 Å². The molecule has 0 aliphatic carbocycles. The second-order valence-electron chi connectivity index (χ2n) is 4.06. The highest BCUT2D eigenvalue weighted by Gasteiger charge is 2.13. The van der Waals surface area contributed by atoms with Crippen LogP contribution in [0, 0.1) is 10.1 Å². The number of pyridine rings is 1. The number of carbonyl (C=O) groups excluding carboxylic acids is 1. The summed E-state index contributed by atoms with van der Waals surface area (Å²) in [5, 5.41) is 16.3. The van der Waals surface area contributed by atoms with Crippen molar-refractivity contribution in [2.75, 3.05) is 17.7 Å². The van der Waals surface area contributed by atoms with E-state index in [9.17, 15) is 14.9 Å². The molecule has 0 spiro atoms. The molecule has 8 heteroatoms. The number of rotatable bonds is 4. The van der Waals surface area contributed by atoms with E-state index < -0.39 is 10.8 Å². The van der Waals surface area contributed by atoms with Crippen LogP contribution in [0.4, 0.5) is 17.2 Å². The molecule has 0 saturated carbocycles. The molecule has 0 aliphatic heterocycles. The summed E-state index contributed by atoms with van der Waals surface area (Å²) in [6.07, 6.45) is 1.40. The number of nitro groups is 1. The van der Waals surface area contributed by atoms with E-state index in [1.54, 1.807) is 19.2 Å². The molecular weight excluding hydrogens is 296 g/mol. The van der Waals surface area contributed by atoms with E-state index in [0.29, 0.717) is 11.4 Å². The fraction of sp³-hybridized carbons (Fsp3) is 0.0769. The lowest BCUT2D eigenvalue weighted by atomic mass is 10.2. The summed E-state index contributed by atoms with van der Waals surface area (Å²) in [5.41, 5.74) is 0.337. The van der Waals surface area contributed by atoms with E-state index >= 15 is 0 Å². The van der Waals surface area contributed by atoms with Crippen molar-refractivity contribution in [2.45, 2.75) is 0 Å². The molecule has 1 aromatic carbocycles. The molecular formula is C13H11ClN4O3. The van der Waals surface area contributed by atoms with Crippen molar-refractivity contribution >= 4 is 34.7 Å².